The molecule has 0 bridgehead atoms. The highest BCUT2D eigenvalue weighted by Crippen LogP contribution is 2.30. The molecule has 0 radical (unpaired) electrons. The van der Waals surface area contributed by atoms with E-state index in [0.717, 1.165) is 11.1 Å². The van der Waals surface area contributed by atoms with Crippen LogP contribution >= 0.6 is 0 Å². The molecule has 0 saturated heterocycles. The van der Waals surface area contributed by atoms with E-state index < -0.39 is 0 Å². The number of ether oxygens (including phenoxy) is 1. The van der Waals surface area contributed by atoms with Gasteiger partial charge in [0.1, 0.15) is 11.6 Å². The number of nitrogens with zero attached hydrogens (tertiary/aromatic N) is 2. The van der Waals surface area contributed by atoms with Gasteiger partial charge in [-0.3, -0.25) is 0 Å². The average molecular weight is 290 g/mol. The molecular weight excluding hydrogens is 276 g/mol. The lowest BCUT2D eigenvalue weighted by atomic mass is 10.1. The molecule has 0 aliphatic rings. The minimum Gasteiger partial charge on any atom is -0.496 e. The molecule has 1 aromatic heterocycles. The number of benzene rings is 2. The maximum absolute atomic E-state index is 5.90. The Morgan fingerprint density at radius 1 is 0.955 bits per heavy atom. The van der Waals surface area contributed by atoms with Crippen LogP contribution < -0.4 is 16.2 Å². The molecule has 5 heteroatoms. The van der Waals surface area contributed by atoms with E-state index in [1.807, 2.05) is 42.5 Å². The van der Waals surface area contributed by atoms with Gasteiger partial charge in [-0.25, -0.2) is 4.98 Å². The molecule has 2 aromatic carbocycles. The molecule has 0 unspecified atom stereocenters. The fraction of sp³-hybridized carbons (Fsp3) is 0.0588. The van der Waals surface area contributed by atoms with Crippen LogP contribution in [-0.2, 0) is 0 Å². The fourth-order valence-electron chi connectivity index (χ4n) is 2.17. The van der Waals surface area contributed by atoms with Gasteiger partial charge < -0.3 is 16.2 Å². The lowest BCUT2D eigenvalue weighted by Crippen LogP contribution is -2.02. The van der Waals surface area contributed by atoms with E-state index >= 15 is 0 Å². The van der Waals surface area contributed by atoms with E-state index in [2.05, 4.69) is 21.8 Å². The minimum absolute atomic E-state index is 0.125. The number of rotatable bonds is 1. The van der Waals surface area contributed by atoms with Crippen LogP contribution in [0, 0.1) is 11.8 Å². The molecule has 0 saturated carbocycles. The summed E-state index contributed by atoms with van der Waals surface area (Å²) in [7, 11) is 1.57. The van der Waals surface area contributed by atoms with Crippen LogP contribution in [0.2, 0.25) is 0 Å². The maximum atomic E-state index is 5.90. The SMILES string of the molecule is COc1cc(C#Cc2ccccc2)cc2nc(N)nc(N)c12. The number of hydrogen-bond donors (Lipinski definition) is 2. The van der Waals surface area contributed by atoms with Crippen molar-refractivity contribution >= 4 is 22.7 Å². The molecule has 5 nitrogen and oxygen atoms in total. The maximum Gasteiger partial charge on any atom is 0.222 e. The van der Waals surface area contributed by atoms with Crippen molar-refractivity contribution in [2.45, 2.75) is 0 Å². The van der Waals surface area contributed by atoms with Gasteiger partial charge in [0.05, 0.1) is 18.0 Å². The second kappa shape index (κ2) is 5.62. The predicted octanol–water partition coefficient (Wildman–Crippen LogP) is 2.20. The van der Waals surface area contributed by atoms with E-state index in [1.165, 1.54) is 0 Å². The van der Waals surface area contributed by atoms with Crippen molar-refractivity contribution in [2.75, 3.05) is 18.6 Å². The Hall–Kier alpha value is -3.26. The summed E-state index contributed by atoms with van der Waals surface area (Å²) < 4.78 is 5.37. The number of hydrogen-bond acceptors (Lipinski definition) is 5. The first-order valence-electron chi connectivity index (χ1n) is 6.65. The molecule has 4 N–H and O–H groups in total. The Labute approximate surface area is 127 Å². The van der Waals surface area contributed by atoms with Crippen molar-refractivity contribution in [3.63, 3.8) is 0 Å². The number of aromatic nitrogens is 2. The smallest absolute Gasteiger partial charge is 0.222 e. The normalized spacial score (nSPS) is 10.0. The minimum atomic E-state index is 0.125. The van der Waals surface area contributed by atoms with Crippen LogP contribution in [0.4, 0.5) is 11.8 Å². The predicted molar refractivity (Wildman–Crippen MR) is 87.3 cm³/mol. The zero-order valence-electron chi connectivity index (χ0n) is 12.0. The summed E-state index contributed by atoms with van der Waals surface area (Å²) in [5, 5.41) is 0.641. The monoisotopic (exact) mass is 290 g/mol. The van der Waals surface area contributed by atoms with Crippen LogP contribution in [-0.4, -0.2) is 17.1 Å². The van der Waals surface area contributed by atoms with Gasteiger partial charge in [-0.2, -0.15) is 4.98 Å². The van der Waals surface area contributed by atoms with Crippen LogP contribution in [0.5, 0.6) is 5.75 Å². The zero-order chi connectivity index (χ0) is 15.5. The van der Waals surface area contributed by atoms with Crippen molar-refractivity contribution in [1.82, 2.24) is 9.97 Å². The number of methoxy groups -OCH3 is 1. The third kappa shape index (κ3) is 2.63. The van der Waals surface area contributed by atoms with Crippen molar-refractivity contribution in [1.29, 1.82) is 0 Å². The van der Waals surface area contributed by atoms with Crippen molar-refractivity contribution in [2.24, 2.45) is 0 Å². The fourth-order valence-corrected chi connectivity index (χ4v) is 2.17. The standard InChI is InChI=1S/C17H14N4O/c1-22-14-10-12(8-7-11-5-3-2-4-6-11)9-13-15(14)16(18)21-17(19)20-13/h2-6,9-10H,1H3,(H4,18,19,20,21). The van der Waals surface area contributed by atoms with Crippen molar-refractivity contribution in [3.05, 3.63) is 53.6 Å². The Kier molecular flexibility index (Phi) is 3.50. The third-order valence-corrected chi connectivity index (χ3v) is 3.15. The Morgan fingerprint density at radius 2 is 1.68 bits per heavy atom. The summed E-state index contributed by atoms with van der Waals surface area (Å²) in [5.41, 5.74) is 13.9. The van der Waals surface area contributed by atoms with Crippen molar-refractivity contribution < 1.29 is 4.74 Å². The van der Waals surface area contributed by atoms with Gasteiger partial charge in [0.15, 0.2) is 0 Å². The van der Waals surface area contributed by atoms with Crippen LogP contribution in [0.15, 0.2) is 42.5 Å². The zero-order valence-corrected chi connectivity index (χ0v) is 12.0. The highest BCUT2D eigenvalue weighted by Gasteiger charge is 2.10. The average Bonchev–Trinajstić information content (AvgIpc) is 2.52. The van der Waals surface area contributed by atoms with E-state index in [-0.39, 0.29) is 5.95 Å². The van der Waals surface area contributed by atoms with E-state index in [9.17, 15) is 0 Å². The number of fused-ring (bicyclic) bond motifs is 1. The second-order valence-corrected chi connectivity index (χ2v) is 4.66. The Balaban J connectivity index is 2.14. The summed E-state index contributed by atoms with van der Waals surface area (Å²) >= 11 is 0. The first kappa shape index (κ1) is 13.7. The summed E-state index contributed by atoms with van der Waals surface area (Å²) in [5.74, 6) is 7.18. The largest absolute Gasteiger partial charge is 0.496 e. The lowest BCUT2D eigenvalue weighted by molar-refractivity contribution is 0.419. The highest BCUT2D eigenvalue weighted by molar-refractivity contribution is 5.95. The highest BCUT2D eigenvalue weighted by atomic mass is 16.5. The molecule has 108 valence electrons. The van der Waals surface area contributed by atoms with E-state index in [1.54, 1.807) is 7.11 Å². The molecular formula is C17H14N4O. The van der Waals surface area contributed by atoms with Gasteiger partial charge in [0, 0.05) is 11.1 Å². The molecule has 1 heterocycles. The van der Waals surface area contributed by atoms with Gasteiger partial charge in [-0.05, 0) is 24.3 Å². The second-order valence-electron chi connectivity index (χ2n) is 4.66. The summed E-state index contributed by atoms with van der Waals surface area (Å²) in [6, 6.07) is 13.4. The molecule has 0 fully saturated rings. The topological polar surface area (TPSA) is 87.0 Å². The number of nitrogen functional groups attached to an aromatic ring is 2. The summed E-state index contributed by atoms with van der Waals surface area (Å²) in [4.78, 5) is 8.16. The van der Waals surface area contributed by atoms with Crippen molar-refractivity contribution in [3.8, 4) is 17.6 Å². The van der Waals surface area contributed by atoms with E-state index in [0.29, 0.717) is 22.5 Å². The first-order valence-corrected chi connectivity index (χ1v) is 6.65. The Bertz CT molecular complexity index is 895. The summed E-state index contributed by atoms with van der Waals surface area (Å²) in [6.45, 7) is 0. The first-order chi connectivity index (χ1) is 10.7. The van der Waals surface area contributed by atoms with Gasteiger partial charge in [0.2, 0.25) is 5.95 Å². The van der Waals surface area contributed by atoms with Crippen LogP contribution in [0.3, 0.4) is 0 Å². The molecule has 3 rings (SSSR count). The number of nitrogens with two attached hydrogens (primary N) is 2. The third-order valence-electron chi connectivity index (χ3n) is 3.15. The number of anilines is 2. The lowest BCUT2D eigenvalue weighted by Gasteiger charge is -2.08. The Morgan fingerprint density at radius 3 is 2.41 bits per heavy atom. The molecule has 0 atom stereocenters. The molecule has 0 spiro atoms. The van der Waals surface area contributed by atoms with Crippen LogP contribution in [0.1, 0.15) is 11.1 Å². The van der Waals surface area contributed by atoms with Gasteiger partial charge in [0.25, 0.3) is 0 Å². The molecule has 0 aliphatic heterocycles. The quantitative estimate of drug-likeness (QED) is 0.671. The molecule has 0 amide bonds. The van der Waals surface area contributed by atoms with Gasteiger partial charge in [-0.1, -0.05) is 30.0 Å². The molecule has 3 aromatic rings. The summed E-state index contributed by atoms with van der Waals surface area (Å²) in [6.07, 6.45) is 0. The van der Waals surface area contributed by atoms with Gasteiger partial charge in [-0.15, -0.1) is 0 Å². The van der Waals surface area contributed by atoms with Gasteiger partial charge >= 0.3 is 0 Å². The molecule has 0 aliphatic carbocycles. The van der Waals surface area contributed by atoms with Crippen LogP contribution in [0.25, 0.3) is 10.9 Å². The molecule has 22 heavy (non-hydrogen) atoms. The van der Waals surface area contributed by atoms with E-state index in [4.69, 9.17) is 16.2 Å².